The van der Waals surface area contributed by atoms with Crippen molar-refractivity contribution in [3.63, 3.8) is 0 Å². The molecule has 2 N–H and O–H groups in total. The number of piperazine rings is 1. The molecule has 0 bridgehead atoms. The fourth-order valence-electron chi connectivity index (χ4n) is 2.30. The highest BCUT2D eigenvalue weighted by molar-refractivity contribution is 7.89. The van der Waals surface area contributed by atoms with Crippen molar-refractivity contribution in [1.29, 1.82) is 0 Å². The van der Waals surface area contributed by atoms with Crippen molar-refractivity contribution in [3.05, 3.63) is 28.8 Å². The van der Waals surface area contributed by atoms with Crippen molar-refractivity contribution >= 4 is 21.6 Å². The minimum absolute atomic E-state index is 0.228. The van der Waals surface area contributed by atoms with Gasteiger partial charge in [0, 0.05) is 37.7 Å². The van der Waals surface area contributed by atoms with E-state index in [1.807, 2.05) is 0 Å². The van der Waals surface area contributed by atoms with E-state index in [1.165, 1.54) is 4.31 Å². The first-order chi connectivity index (χ1) is 9.48. The monoisotopic (exact) mass is 317 g/mol. The Balaban J connectivity index is 2.22. The molecule has 0 radical (unpaired) electrons. The van der Waals surface area contributed by atoms with Crippen LogP contribution >= 0.6 is 11.6 Å². The number of halogens is 1. The summed E-state index contributed by atoms with van der Waals surface area (Å²) in [5.41, 5.74) is 6.23. The second kappa shape index (κ2) is 6.41. The lowest BCUT2D eigenvalue weighted by Gasteiger charge is -2.33. The van der Waals surface area contributed by atoms with Crippen molar-refractivity contribution in [2.75, 3.05) is 32.7 Å². The zero-order valence-electron chi connectivity index (χ0n) is 11.5. The minimum atomic E-state index is -3.45. The van der Waals surface area contributed by atoms with E-state index in [9.17, 15) is 8.42 Å². The molecule has 7 heteroatoms. The van der Waals surface area contributed by atoms with E-state index >= 15 is 0 Å². The van der Waals surface area contributed by atoms with Crippen LogP contribution in [0.2, 0.25) is 5.02 Å². The van der Waals surface area contributed by atoms with Gasteiger partial charge in [-0.15, -0.1) is 0 Å². The SMILES string of the molecule is CCN1CCN(S(=O)(=O)c2ccc(Cl)c(CN)c2)CC1. The molecule has 0 spiro atoms. The minimum Gasteiger partial charge on any atom is -0.326 e. The summed E-state index contributed by atoms with van der Waals surface area (Å²) < 4.78 is 26.7. The third-order valence-electron chi connectivity index (χ3n) is 3.65. The predicted octanol–water partition coefficient (Wildman–Crippen LogP) is 1.12. The zero-order valence-corrected chi connectivity index (χ0v) is 13.1. The number of rotatable bonds is 4. The van der Waals surface area contributed by atoms with Crippen LogP contribution in [0, 0.1) is 0 Å². The average molecular weight is 318 g/mol. The van der Waals surface area contributed by atoms with Crippen LogP contribution in [0.4, 0.5) is 0 Å². The van der Waals surface area contributed by atoms with Crippen LogP contribution in [-0.2, 0) is 16.6 Å². The average Bonchev–Trinajstić information content (AvgIpc) is 2.47. The Labute approximate surface area is 125 Å². The van der Waals surface area contributed by atoms with Gasteiger partial charge in [0.15, 0.2) is 0 Å². The molecular formula is C13H20ClN3O2S. The number of benzene rings is 1. The van der Waals surface area contributed by atoms with Crippen LogP contribution in [0.5, 0.6) is 0 Å². The molecule has 0 unspecified atom stereocenters. The van der Waals surface area contributed by atoms with Gasteiger partial charge in [-0.3, -0.25) is 0 Å². The summed E-state index contributed by atoms with van der Waals surface area (Å²) in [6.45, 7) is 5.85. The van der Waals surface area contributed by atoms with Crippen molar-refractivity contribution < 1.29 is 8.42 Å². The molecule has 0 saturated carbocycles. The maximum absolute atomic E-state index is 12.6. The van der Waals surface area contributed by atoms with Gasteiger partial charge in [0.1, 0.15) is 0 Å². The molecule has 1 aliphatic rings. The Kier molecular flexibility index (Phi) is 5.04. The molecule has 112 valence electrons. The lowest BCUT2D eigenvalue weighted by atomic mass is 10.2. The normalized spacial score (nSPS) is 18.4. The van der Waals surface area contributed by atoms with Gasteiger partial charge in [-0.2, -0.15) is 4.31 Å². The first-order valence-corrected chi connectivity index (χ1v) is 8.52. The summed E-state index contributed by atoms with van der Waals surface area (Å²) in [7, 11) is -3.45. The highest BCUT2D eigenvalue weighted by atomic mass is 35.5. The van der Waals surface area contributed by atoms with Crippen LogP contribution in [0.1, 0.15) is 12.5 Å². The lowest BCUT2D eigenvalue weighted by molar-refractivity contribution is 0.196. The molecule has 20 heavy (non-hydrogen) atoms. The molecule has 1 saturated heterocycles. The fourth-order valence-corrected chi connectivity index (χ4v) is 3.97. The first-order valence-electron chi connectivity index (χ1n) is 6.70. The smallest absolute Gasteiger partial charge is 0.243 e. The van der Waals surface area contributed by atoms with E-state index in [1.54, 1.807) is 18.2 Å². The summed E-state index contributed by atoms with van der Waals surface area (Å²) in [4.78, 5) is 2.51. The second-order valence-corrected chi connectivity index (χ2v) is 7.14. The molecule has 0 amide bonds. The number of nitrogens with two attached hydrogens (primary N) is 1. The fraction of sp³-hybridized carbons (Fsp3) is 0.538. The standard InChI is InChI=1S/C13H20ClN3O2S/c1-2-16-5-7-17(8-6-16)20(18,19)12-3-4-13(14)11(9-12)10-15/h3-4,9H,2,5-8,10,15H2,1H3. The number of nitrogens with zero attached hydrogens (tertiary/aromatic N) is 2. The van der Waals surface area contributed by atoms with E-state index in [4.69, 9.17) is 17.3 Å². The molecule has 0 aliphatic carbocycles. The Hall–Kier alpha value is -0.660. The van der Waals surface area contributed by atoms with Crippen molar-refractivity contribution in [3.8, 4) is 0 Å². The Morgan fingerprint density at radius 2 is 1.90 bits per heavy atom. The molecule has 2 rings (SSSR count). The lowest BCUT2D eigenvalue weighted by Crippen LogP contribution is -2.48. The van der Waals surface area contributed by atoms with Gasteiger partial charge in [0.2, 0.25) is 10.0 Å². The molecule has 0 atom stereocenters. The second-order valence-electron chi connectivity index (χ2n) is 4.80. The van der Waals surface area contributed by atoms with E-state index in [-0.39, 0.29) is 11.4 Å². The van der Waals surface area contributed by atoms with Crippen molar-refractivity contribution in [1.82, 2.24) is 9.21 Å². The van der Waals surface area contributed by atoms with E-state index in [0.29, 0.717) is 23.7 Å². The van der Waals surface area contributed by atoms with Crippen LogP contribution in [0.3, 0.4) is 0 Å². The summed E-state index contributed by atoms with van der Waals surface area (Å²) in [5, 5.41) is 0.502. The van der Waals surface area contributed by atoms with Crippen LogP contribution in [0.25, 0.3) is 0 Å². The topological polar surface area (TPSA) is 66.6 Å². The summed E-state index contributed by atoms with van der Waals surface area (Å²) in [6.07, 6.45) is 0. The van der Waals surface area contributed by atoms with E-state index in [2.05, 4.69) is 11.8 Å². The van der Waals surface area contributed by atoms with Gasteiger partial charge >= 0.3 is 0 Å². The molecule has 1 aromatic rings. The Morgan fingerprint density at radius 3 is 2.45 bits per heavy atom. The third kappa shape index (κ3) is 3.15. The predicted molar refractivity (Wildman–Crippen MR) is 80.2 cm³/mol. The molecule has 1 heterocycles. The maximum Gasteiger partial charge on any atom is 0.243 e. The summed E-state index contributed by atoms with van der Waals surface area (Å²) >= 11 is 5.98. The highest BCUT2D eigenvalue weighted by Gasteiger charge is 2.28. The summed E-state index contributed by atoms with van der Waals surface area (Å²) in [5.74, 6) is 0. The van der Waals surface area contributed by atoms with Crippen molar-refractivity contribution in [2.24, 2.45) is 5.73 Å². The molecule has 5 nitrogen and oxygen atoms in total. The van der Waals surface area contributed by atoms with Gasteiger partial charge in [-0.25, -0.2) is 8.42 Å². The zero-order chi connectivity index (χ0) is 14.8. The number of likely N-dealkylation sites (N-methyl/N-ethyl adjacent to an activating group) is 1. The molecule has 1 aromatic carbocycles. The number of sulfonamides is 1. The largest absolute Gasteiger partial charge is 0.326 e. The maximum atomic E-state index is 12.6. The molecular weight excluding hydrogens is 298 g/mol. The van der Waals surface area contributed by atoms with E-state index in [0.717, 1.165) is 19.6 Å². The van der Waals surface area contributed by atoms with Gasteiger partial charge in [-0.05, 0) is 30.3 Å². The molecule has 1 fully saturated rings. The van der Waals surface area contributed by atoms with Gasteiger partial charge < -0.3 is 10.6 Å². The first kappa shape index (κ1) is 15.7. The van der Waals surface area contributed by atoms with Crippen molar-refractivity contribution in [2.45, 2.75) is 18.4 Å². The third-order valence-corrected chi connectivity index (χ3v) is 5.92. The number of hydrogen-bond donors (Lipinski definition) is 1. The quantitative estimate of drug-likeness (QED) is 0.904. The van der Waals surface area contributed by atoms with E-state index < -0.39 is 10.0 Å². The number of hydrogen-bond acceptors (Lipinski definition) is 4. The highest BCUT2D eigenvalue weighted by Crippen LogP contribution is 2.23. The van der Waals surface area contributed by atoms with Gasteiger partial charge in [0.25, 0.3) is 0 Å². The van der Waals surface area contributed by atoms with Crippen LogP contribution < -0.4 is 5.73 Å². The van der Waals surface area contributed by atoms with Gasteiger partial charge in [0.05, 0.1) is 4.90 Å². The van der Waals surface area contributed by atoms with Crippen LogP contribution in [-0.4, -0.2) is 50.3 Å². The Morgan fingerprint density at radius 1 is 1.25 bits per heavy atom. The molecule has 0 aromatic heterocycles. The van der Waals surface area contributed by atoms with Gasteiger partial charge in [-0.1, -0.05) is 18.5 Å². The molecule has 1 aliphatic heterocycles. The summed E-state index contributed by atoms with van der Waals surface area (Å²) in [6, 6.07) is 4.71. The van der Waals surface area contributed by atoms with Crippen LogP contribution in [0.15, 0.2) is 23.1 Å². The Bertz CT molecular complexity index is 569.